The van der Waals surface area contributed by atoms with Gasteiger partial charge in [-0.25, -0.2) is 4.57 Å². The number of hydrogen-bond donors (Lipinski definition) is 5. The van der Waals surface area contributed by atoms with Crippen LogP contribution in [0.25, 0.3) is 10.9 Å². The molecule has 252 valence electrons. The second-order valence-electron chi connectivity index (χ2n) is 11.9. The molecule has 1 saturated heterocycles. The van der Waals surface area contributed by atoms with Crippen LogP contribution in [0.3, 0.4) is 0 Å². The third kappa shape index (κ3) is 12.0. The van der Waals surface area contributed by atoms with Crippen LogP contribution in [-0.4, -0.2) is 53.5 Å². The number of rotatable bonds is 21. The summed E-state index contributed by atoms with van der Waals surface area (Å²) in [6.45, 7) is 1.57. The Bertz CT molecular complexity index is 1430. The molecule has 0 aliphatic carbocycles. The molecule has 1 aliphatic rings. The topological polar surface area (TPSA) is 142 Å². The van der Waals surface area contributed by atoms with E-state index in [0.29, 0.717) is 19.4 Å². The number of carbonyl (C=O) groups is 2. The zero-order valence-corrected chi connectivity index (χ0v) is 28.1. The van der Waals surface area contributed by atoms with Gasteiger partial charge in [0.15, 0.2) is 0 Å². The summed E-state index contributed by atoms with van der Waals surface area (Å²) in [6, 6.07) is 13.6. The fraction of sp³-hybridized carbons (Fsp3) is 0.529. The van der Waals surface area contributed by atoms with E-state index in [1.54, 1.807) is 18.2 Å². The fourth-order valence-electron chi connectivity index (χ4n) is 5.74. The molecule has 3 atom stereocenters. The van der Waals surface area contributed by atoms with Gasteiger partial charge in [-0.2, -0.15) is 0 Å². The van der Waals surface area contributed by atoms with Crippen molar-refractivity contribution in [3.05, 3.63) is 65.3 Å². The average molecular weight is 675 g/mol. The van der Waals surface area contributed by atoms with Gasteiger partial charge >= 0.3 is 7.82 Å². The number of halogens is 1. The third-order valence-electron chi connectivity index (χ3n) is 8.28. The maximum Gasteiger partial charge on any atom is 0.527 e. The van der Waals surface area contributed by atoms with E-state index in [2.05, 4.69) is 20.9 Å². The van der Waals surface area contributed by atoms with Gasteiger partial charge in [-0.15, -0.1) is 0 Å². The monoisotopic (exact) mass is 674 g/mol. The normalized spacial score (nSPS) is 16.6. The van der Waals surface area contributed by atoms with Gasteiger partial charge in [-0.1, -0.05) is 93.3 Å². The molecular weight excluding hydrogens is 627 g/mol. The third-order valence-corrected chi connectivity index (χ3v) is 9.53. The molecule has 0 bridgehead atoms. The van der Waals surface area contributed by atoms with E-state index in [1.165, 1.54) is 6.07 Å². The number of benzene rings is 2. The van der Waals surface area contributed by atoms with Crippen molar-refractivity contribution in [1.29, 1.82) is 0 Å². The SMILES string of the molecule is O=C(N[C@H](Cc1c[nH]c2ccccc12)C(=O)NCCCCCCCCCCCCOP(=O)(O)Oc1ccccc1Cl)[C@H]1CCCN1. The van der Waals surface area contributed by atoms with Crippen LogP contribution in [0.2, 0.25) is 5.02 Å². The quantitative estimate of drug-likeness (QED) is 0.0617. The predicted octanol–water partition coefficient (Wildman–Crippen LogP) is 6.81. The molecule has 1 unspecified atom stereocenters. The highest BCUT2D eigenvalue weighted by molar-refractivity contribution is 7.47. The zero-order chi connectivity index (χ0) is 32.6. The summed E-state index contributed by atoms with van der Waals surface area (Å²) in [4.78, 5) is 39.2. The molecule has 1 aromatic heterocycles. The molecule has 12 heteroatoms. The Kier molecular flexibility index (Phi) is 14.9. The minimum atomic E-state index is -4.19. The van der Waals surface area contributed by atoms with Crippen molar-refractivity contribution in [2.45, 2.75) is 95.6 Å². The van der Waals surface area contributed by atoms with Crippen LogP contribution in [0.1, 0.15) is 82.6 Å². The average Bonchev–Trinajstić information content (AvgIpc) is 3.73. The zero-order valence-electron chi connectivity index (χ0n) is 26.5. The van der Waals surface area contributed by atoms with Crippen molar-refractivity contribution in [3.8, 4) is 5.75 Å². The molecule has 2 aromatic carbocycles. The van der Waals surface area contributed by atoms with Crippen LogP contribution in [-0.2, 0) is 25.1 Å². The summed E-state index contributed by atoms with van der Waals surface area (Å²) in [6.07, 6.45) is 14.4. The lowest BCUT2D eigenvalue weighted by molar-refractivity contribution is -0.129. The molecule has 1 aliphatic heterocycles. The van der Waals surface area contributed by atoms with Gasteiger partial charge in [0.05, 0.1) is 17.7 Å². The molecule has 5 N–H and O–H groups in total. The number of unbranched alkanes of at least 4 members (excludes halogenated alkanes) is 9. The Morgan fingerprint density at radius 3 is 2.35 bits per heavy atom. The number of nitrogens with one attached hydrogen (secondary N) is 4. The maximum atomic E-state index is 13.2. The van der Waals surface area contributed by atoms with Gasteiger partial charge in [0, 0.05) is 30.1 Å². The molecule has 10 nitrogen and oxygen atoms in total. The van der Waals surface area contributed by atoms with Gasteiger partial charge in [0.1, 0.15) is 11.8 Å². The first-order valence-corrected chi connectivity index (χ1v) is 18.5. The van der Waals surface area contributed by atoms with Crippen LogP contribution in [0, 0.1) is 0 Å². The summed E-state index contributed by atoms with van der Waals surface area (Å²) in [5, 5.41) is 10.6. The van der Waals surface area contributed by atoms with E-state index in [1.807, 2.05) is 30.5 Å². The Balaban J connectivity index is 1.04. The van der Waals surface area contributed by atoms with Gasteiger partial charge < -0.3 is 25.5 Å². The van der Waals surface area contributed by atoms with Gasteiger partial charge in [-0.05, 0) is 56.0 Å². The van der Waals surface area contributed by atoms with Gasteiger partial charge in [-0.3, -0.25) is 19.0 Å². The van der Waals surface area contributed by atoms with Crippen molar-refractivity contribution in [3.63, 3.8) is 0 Å². The highest BCUT2D eigenvalue weighted by Crippen LogP contribution is 2.45. The first kappa shape index (κ1) is 36.0. The number of phosphoric acid groups is 1. The summed E-state index contributed by atoms with van der Waals surface area (Å²) in [7, 11) is -4.19. The Morgan fingerprint density at radius 1 is 0.957 bits per heavy atom. The lowest BCUT2D eigenvalue weighted by atomic mass is 10.0. The number of hydrogen-bond acceptors (Lipinski definition) is 6. The molecule has 2 heterocycles. The van der Waals surface area contributed by atoms with Crippen molar-refractivity contribution < 1.29 is 28.1 Å². The van der Waals surface area contributed by atoms with E-state index >= 15 is 0 Å². The largest absolute Gasteiger partial charge is 0.527 e. The number of para-hydroxylation sites is 2. The standard InChI is InChI=1S/C34H48ClN4O6P/c35-28-17-10-12-20-32(28)45-46(42,43)44-23-14-8-6-4-2-1-3-5-7-13-21-37-33(40)31(39-34(41)30-19-15-22-36-30)24-26-25-38-29-18-11-9-16-27(26)29/h9-12,16-18,20,25,30-31,36,38H,1-8,13-15,19,21-24H2,(H,37,40)(H,39,41)(H,42,43)/t30-,31-/m1/s1. The number of carbonyl (C=O) groups excluding carboxylic acids is 2. The fourth-order valence-corrected chi connectivity index (χ4v) is 6.78. The molecule has 46 heavy (non-hydrogen) atoms. The van der Waals surface area contributed by atoms with Crippen LogP contribution in [0.4, 0.5) is 0 Å². The molecule has 3 aromatic rings. The van der Waals surface area contributed by atoms with Crippen molar-refractivity contribution >= 4 is 42.1 Å². The van der Waals surface area contributed by atoms with Crippen LogP contribution in [0.5, 0.6) is 5.75 Å². The Morgan fingerprint density at radius 2 is 1.63 bits per heavy atom. The summed E-state index contributed by atoms with van der Waals surface area (Å²) in [5.74, 6) is -0.124. The summed E-state index contributed by atoms with van der Waals surface area (Å²) >= 11 is 5.96. The number of H-pyrrole nitrogens is 1. The number of amides is 2. The van der Waals surface area contributed by atoms with E-state index in [9.17, 15) is 19.0 Å². The maximum absolute atomic E-state index is 13.2. The van der Waals surface area contributed by atoms with Crippen LogP contribution in [0.15, 0.2) is 54.7 Å². The highest BCUT2D eigenvalue weighted by Gasteiger charge is 2.28. The van der Waals surface area contributed by atoms with Crippen molar-refractivity contribution in [2.24, 2.45) is 0 Å². The van der Waals surface area contributed by atoms with E-state index in [0.717, 1.165) is 93.6 Å². The smallest absolute Gasteiger partial charge is 0.403 e. The predicted molar refractivity (Wildman–Crippen MR) is 182 cm³/mol. The second kappa shape index (κ2) is 19.1. The Hall–Kier alpha value is -2.88. The highest BCUT2D eigenvalue weighted by atomic mass is 35.5. The van der Waals surface area contributed by atoms with Gasteiger partial charge in [0.25, 0.3) is 0 Å². The molecule has 1 fully saturated rings. The Labute approximate surface area is 277 Å². The molecule has 0 radical (unpaired) electrons. The minimum Gasteiger partial charge on any atom is -0.403 e. The molecular formula is C34H48ClN4O6P. The number of phosphoric ester groups is 1. The molecule has 0 saturated carbocycles. The number of aromatic amines is 1. The lowest BCUT2D eigenvalue weighted by Gasteiger charge is -2.20. The molecule has 0 spiro atoms. The van der Waals surface area contributed by atoms with E-state index in [-0.39, 0.29) is 35.2 Å². The van der Waals surface area contributed by atoms with Crippen molar-refractivity contribution in [2.75, 3.05) is 19.7 Å². The summed E-state index contributed by atoms with van der Waals surface area (Å²) < 4.78 is 22.2. The van der Waals surface area contributed by atoms with Crippen LogP contribution >= 0.6 is 19.4 Å². The number of aromatic nitrogens is 1. The minimum absolute atomic E-state index is 0.110. The first-order valence-electron chi connectivity index (χ1n) is 16.6. The summed E-state index contributed by atoms with van der Waals surface area (Å²) in [5.41, 5.74) is 2.03. The van der Waals surface area contributed by atoms with E-state index in [4.69, 9.17) is 20.6 Å². The lowest BCUT2D eigenvalue weighted by Crippen LogP contribution is -2.52. The van der Waals surface area contributed by atoms with Gasteiger partial charge in [0.2, 0.25) is 11.8 Å². The van der Waals surface area contributed by atoms with Crippen molar-refractivity contribution in [1.82, 2.24) is 20.9 Å². The molecule has 2 amide bonds. The second-order valence-corrected chi connectivity index (χ2v) is 13.7. The number of fused-ring (bicyclic) bond motifs is 1. The first-order chi connectivity index (χ1) is 22.3. The van der Waals surface area contributed by atoms with E-state index < -0.39 is 13.9 Å². The molecule has 4 rings (SSSR count). The van der Waals surface area contributed by atoms with Crippen LogP contribution < -0.4 is 20.5 Å².